The van der Waals surface area contributed by atoms with Crippen molar-refractivity contribution in [2.45, 2.75) is 20.3 Å². The molecule has 1 aromatic rings. The SMILES string of the molecule is CC(=O)Nc1ccc(C)cc1OCCCO. The highest BCUT2D eigenvalue weighted by Gasteiger charge is 2.05. The van der Waals surface area contributed by atoms with E-state index in [1.54, 1.807) is 0 Å². The van der Waals surface area contributed by atoms with E-state index in [0.717, 1.165) is 5.56 Å². The Morgan fingerprint density at radius 1 is 1.50 bits per heavy atom. The van der Waals surface area contributed by atoms with Gasteiger partial charge < -0.3 is 15.2 Å². The van der Waals surface area contributed by atoms with E-state index in [9.17, 15) is 4.79 Å². The van der Waals surface area contributed by atoms with Crippen molar-refractivity contribution in [1.29, 1.82) is 0 Å². The highest BCUT2D eigenvalue weighted by Crippen LogP contribution is 2.25. The molecule has 0 heterocycles. The van der Waals surface area contributed by atoms with Crippen LogP contribution < -0.4 is 10.1 Å². The topological polar surface area (TPSA) is 58.6 Å². The molecule has 88 valence electrons. The van der Waals surface area contributed by atoms with Gasteiger partial charge in [-0.15, -0.1) is 0 Å². The predicted molar refractivity (Wildman–Crippen MR) is 62.7 cm³/mol. The fraction of sp³-hybridized carbons (Fsp3) is 0.417. The average Bonchev–Trinajstić information content (AvgIpc) is 2.22. The van der Waals surface area contributed by atoms with E-state index in [0.29, 0.717) is 24.5 Å². The Morgan fingerprint density at radius 3 is 2.88 bits per heavy atom. The lowest BCUT2D eigenvalue weighted by Gasteiger charge is -2.12. The number of hydrogen-bond acceptors (Lipinski definition) is 3. The second-order valence-electron chi connectivity index (χ2n) is 3.61. The van der Waals surface area contributed by atoms with Gasteiger partial charge in [-0.2, -0.15) is 0 Å². The molecule has 0 aliphatic carbocycles. The Kier molecular flexibility index (Phi) is 4.79. The van der Waals surface area contributed by atoms with Crippen LogP contribution in [0.1, 0.15) is 18.9 Å². The number of benzene rings is 1. The van der Waals surface area contributed by atoms with Crippen molar-refractivity contribution in [1.82, 2.24) is 0 Å². The van der Waals surface area contributed by atoms with Crippen LogP contribution in [0.4, 0.5) is 5.69 Å². The molecule has 4 nitrogen and oxygen atoms in total. The van der Waals surface area contributed by atoms with Crippen LogP contribution in [0.15, 0.2) is 18.2 Å². The molecule has 0 atom stereocenters. The summed E-state index contributed by atoms with van der Waals surface area (Å²) in [5.74, 6) is 0.513. The number of anilines is 1. The van der Waals surface area contributed by atoms with Gasteiger partial charge in [-0.05, 0) is 24.6 Å². The number of ether oxygens (including phenoxy) is 1. The molecule has 0 saturated carbocycles. The first kappa shape index (κ1) is 12.5. The van der Waals surface area contributed by atoms with E-state index in [2.05, 4.69) is 5.32 Å². The molecule has 0 aliphatic heterocycles. The number of carbonyl (C=O) groups excluding carboxylic acids is 1. The molecule has 16 heavy (non-hydrogen) atoms. The molecule has 1 aromatic carbocycles. The first-order chi connectivity index (χ1) is 7.63. The fourth-order valence-electron chi connectivity index (χ4n) is 1.29. The zero-order valence-corrected chi connectivity index (χ0v) is 9.62. The molecule has 0 bridgehead atoms. The molecule has 2 N–H and O–H groups in total. The van der Waals surface area contributed by atoms with Crippen LogP contribution >= 0.6 is 0 Å². The van der Waals surface area contributed by atoms with Gasteiger partial charge in [0.1, 0.15) is 5.75 Å². The molecule has 0 unspecified atom stereocenters. The van der Waals surface area contributed by atoms with Crippen molar-refractivity contribution in [3.05, 3.63) is 23.8 Å². The maximum Gasteiger partial charge on any atom is 0.221 e. The summed E-state index contributed by atoms with van der Waals surface area (Å²) >= 11 is 0. The highest BCUT2D eigenvalue weighted by atomic mass is 16.5. The summed E-state index contributed by atoms with van der Waals surface area (Å²) < 4.78 is 5.48. The van der Waals surface area contributed by atoms with Gasteiger partial charge in [0.05, 0.1) is 12.3 Å². The Hall–Kier alpha value is -1.55. The molecule has 1 rings (SSSR count). The summed E-state index contributed by atoms with van der Waals surface area (Å²) in [5.41, 5.74) is 1.73. The van der Waals surface area contributed by atoms with Crippen LogP contribution in [-0.4, -0.2) is 24.2 Å². The van der Waals surface area contributed by atoms with Crippen LogP contribution in [-0.2, 0) is 4.79 Å². The Bertz CT molecular complexity index is 363. The van der Waals surface area contributed by atoms with Crippen LogP contribution in [0.5, 0.6) is 5.75 Å². The standard InChI is InChI=1S/C12H17NO3/c1-9-4-5-11(13-10(2)15)12(8-9)16-7-3-6-14/h4-5,8,14H,3,6-7H2,1-2H3,(H,13,15). The van der Waals surface area contributed by atoms with E-state index in [-0.39, 0.29) is 12.5 Å². The number of nitrogens with one attached hydrogen (secondary N) is 1. The molecule has 0 radical (unpaired) electrons. The monoisotopic (exact) mass is 223 g/mol. The number of amides is 1. The fourth-order valence-corrected chi connectivity index (χ4v) is 1.29. The Balaban J connectivity index is 2.76. The number of aliphatic hydroxyl groups is 1. The molecular weight excluding hydrogens is 206 g/mol. The van der Waals surface area contributed by atoms with Gasteiger partial charge in [-0.25, -0.2) is 0 Å². The third-order valence-corrected chi connectivity index (χ3v) is 2.01. The zero-order valence-electron chi connectivity index (χ0n) is 9.62. The number of hydrogen-bond donors (Lipinski definition) is 2. The maximum absolute atomic E-state index is 11.0. The lowest BCUT2D eigenvalue weighted by atomic mass is 10.2. The van der Waals surface area contributed by atoms with Crippen LogP contribution in [0.25, 0.3) is 0 Å². The normalized spacial score (nSPS) is 9.94. The average molecular weight is 223 g/mol. The summed E-state index contributed by atoms with van der Waals surface area (Å²) in [6, 6.07) is 5.58. The third-order valence-electron chi connectivity index (χ3n) is 2.01. The summed E-state index contributed by atoms with van der Waals surface area (Å²) in [7, 11) is 0. The molecule has 0 fully saturated rings. The van der Waals surface area contributed by atoms with Crippen molar-refractivity contribution in [2.24, 2.45) is 0 Å². The van der Waals surface area contributed by atoms with Crippen molar-refractivity contribution < 1.29 is 14.6 Å². The second-order valence-corrected chi connectivity index (χ2v) is 3.61. The highest BCUT2D eigenvalue weighted by molar-refractivity contribution is 5.90. The Morgan fingerprint density at radius 2 is 2.25 bits per heavy atom. The summed E-state index contributed by atoms with van der Waals surface area (Å²) in [5, 5.41) is 11.4. The minimum atomic E-state index is -0.129. The van der Waals surface area contributed by atoms with Gasteiger partial charge in [0, 0.05) is 20.0 Å². The number of aryl methyl sites for hydroxylation is 1. The molecule has 0 spiro atoms. The molecule has 0 aliphatic rings. The molecule has 0 saturated heterocycles. The first-order valence-electron chi connectivity index (χ1n) is 5.25. The van der Waals surface area contributed by atoms with Crippen molar-refractivity contribution >= 4 is 11.6 Å². The van der Waals surface area contributed by atoms with E-state index in [4.69, 9.17) is 9.84 Å². The smallest absolute Gasteiger partial charge is 0.221 e. The first-order valence-corrected chi connectivity index (χ1v) is 5.25. The van der Waals surface area contributed by atoms with Crippen molar-refractivity contribution in [2.75, 3.05) is 18.5 Å². The summed E-state index contributed by atoms with van der Waals surface area (Å²) in [6.45, 7) is 3.95. The minimum Gasteiger partial charge on any atom is -0.491 e. The number of aliphatic hydroxyl groups excluding tert-OH is 1. The van der Waals surface area contributed by atoms with Crippen LogP contribution in [0, 0.1) is 6.92 Å². The largest absolute Gasteiger partial charge is 0.491 e. The quantitative estimate of drug-likeness (QED) is 0.747. The maximum atomic E-state index is 11.0. The minimum absolute atomic E-state index is 0.0985. The lowest BCUT2D eigenvalue weighted by Crippen LogP contribution is -2.09. The van der Waals surface area contributed by atoms with E-state index in [1.165, 1.54) is 6.92 Å². The number of rotatable bonds is 5. The lowest BCUT2D eigenvalue weighted by molar-refractivity contribution is -0.114. The van der Waals surface area contributed by atoms with Gasteiger partial charge in [-0.1, -0.05) is 6.07 Å². The van der Waals surface area contributed by atoms with Crippen molar-refractivity contribution in [3.8, 4) is 5.75 Å². The zero-order chi connectivity index (χ0) is 12.0. The predicted octanol–water partition coefficient (Wildman–Crippen LogP) is 1.71. The molecule has 4 heteroatoms. The molecule has 1 amide bonds. The summed E-state index contributed by atoms with van der Waals surface area (Å²) in [6.07, 6.45) is 0.577. The van der Waals surface area contributed by atoms with Gasteiger partial charge >= 0.3 is 0 Å². The van der Waals surface area contributed by atoms with Crippen molar-refractivity contribution in [3.63, 3.8) is 0 Å². The van der Waals surface area contributed by atoms with E-state index >= 15 is 0 Å². The van der Waals surface area contributed by atoms with Crippen LogP contribution in [0.3, 0.4) is 0 Å². The van der Waals surface area contributed by atoms with Gasteiger partial charge in [-0.3, -0.25) is 4.79 Å². The third kappa shape index (κ3) is 3.90. The van der Waals surface area contributed by atoms with Gasteiger partial charge in [0.25, 0.3) is 0 Å². The second kappa shape index (κ2) is 6.12. The van der Waals surface area contributed by atoms with E-state index in [1.807, 2.05) is 25.1 Å². The number of carbonyl (C=O) groups is 1. The summed E-state index contributed by atoms with van der Waals surface area (Å²) in [4.78, 5) is 11.0. The van der Waals surface area contributed by atoms with E-state index < -0.39 is 0 Å². The Labute approximate surface area is 95.2 Å². The molecular formula is C12H17NO3. The molecule has 0 aromatic heterocycles. The van der Waals surface area contributed by atoms with Gasteiger partial charge in [0.15, 0.2) is 0 Å². The van der Waals surface area contributed by atoms with Crippen LogP contribution in [0.2, 0.25) is 0 Å². The van der Waals surface area contributed by atoms with Gasteiger partial charge in [0.2, 0.25) is 5.91 Å².